The first-order valence-electron chi connectivity index (χ1n) is 8.40. The fraction of sp³-hybridized carbons (Fsp3) is 0.474. The molecule has 0 unspecified atom stereocenters. The number of para-hydroxylation sites is 1. The summed E-state index contributed by atoms with van der Waals surface area (Å²) in [6.45, 7) is 8.41. The Bertz CT molecular complexity index is 780. The van der Waals surface area contributed by atoms with E-state index < -0.39 is 0 Å². The van der Waals surface area contributed by atoms with Crippen LogP contribution in [-0.2, 0) is 0 Å². The Hall–Kier alpha value is -1.83. The summed E-state index contributed by atoms with van der Waals surface area (Å²) in [5.74, 6) is 0. The SMILES string of the molecule is CC(C)(C)NC1CCN(c2c(C#N)c(Cl)nc3ccccc23)CC1. The minimum Gasteiger partial charge on any atom is -0.370 e. The molecule has 1 fully saturated rings. The lowest BCUT2D eigenvalue weighted by Gasteiger charge is -2.38. The van der Waals surface area contributed by atoms with Crippen molar-refractivity contribution in [3.63, 3.8) is 0 Å². The molecule has 1 aromatic heterocycles. The number of fused-ring (bicyclic) bond motifs is 1. The van der Waals surface area contributed by atoms with E-state index in [1.807, 2.05) is 24.3 Å². The molecule has 5 heteroatoms. The van der Waals surface area contributed by atoms with E-state index in [1.54, 1.807) is 0 Å². The molecular formula is C19H23ClN4. The third-order valence-corrected chi connectivity index (χ3v) is 4.65. The molecule has 4 nitrogen and oxygen atoms in total. The van der Waals surface area contributed by atoms with E-state index in [0.717, 1.165) is 42.5 Å². The highest BCUT2D eigenvalue weighted by molar-refractivity contribution is 6.31. The first-order chi connectivity index (χ1) is 11.4. The second kappa shape index (κ2) is 6.58. The number of nitriles is 1. The van der Waals surface area contributed by atoms with Gasteiger partial charge in [-0.15, -0.1) is 0 Å². The summed E-state index contributed by atoms with van der Waals surface area (Å²) in [7, 11) is 0. The first-order valence-corrected chi connectivity index (χ1v) is 8.78. The molecule has 24 heavy (non-hydrogen) atoms. The van der Waals surface area contributed by atoms with Crippen LogP contribution in [0.1, 0.15) is 39.2 Å². The number of nitrogens with one attached hydrogen (secondary N) is 1. The van der Waals surface area contributed by atoms with Crippen molar-refractivity contribution >= 4 is 28.2 Å². The van der Waals surface area contributed by atoms with Crippen LogP contribution < -0.4 is 10.2 Å². The van der Waals surface area contributed by atoms with Crippen molar-refractivity contribution < 1.29 is 0 Å². The van der Waals surface area contributed by atoms with Crippen LogP contribution in [0.15, 0.2) is 24.3 Å². The number of aromatic nitrogens is 1. The van der Waals surface area contributed by atoms with Gasteiger partial charge in [0.15, 0.2) is 0 Å². The molecule has 1 aliphatic rings. The van der Waals surface area contributed by atoms with Gasteiger partial charge in [0.25, 0.3) is 0 Å². The van der Waals surface area contributed by atoms with Crippen molar-refractivity contribution in [2.45, 2.75) is 45.2 Å². The Morgan fingerprint density at radius 2 is 1.92 bits per heavy atom. The van der Waals surface area contributed by atoms with Gasteiger partial charge >= 0.3 is 0 Å². The van der Waals surface area contributed by atoms with E-state index in [9.17, 15) is 5.26 Å². The van der Waals surface area contributed by atoms with Crippen LogP contribution in [0, 0.1) is 11.3 Å². The zero-order valence-corrected chi connectivity index (χ0v) is 15.2. The third-order valence-electron chi connectivity index (χ3n) is 4.38. The summed E-state index contributed by atoms with van der Waals surface area (Å²) in [6, 6.07) is 10.7. The molecule has 3 rings (SSSR count). The Kier molecular flexibility index (Phi) is 4.67. The van der Waals surface area contributed by atoms with Crippen LogP contribution in [0.5, 0.6) is 0 Å². The lowest BCUT2D eigenvalue weighted by Crippen LogP contribution is -2.49. The number of rotatable bonds is 2. The third kappa shape index (κ3) is 3.48. The average molecular weight is 343 g/mol. The Morgan fingerprint density at radius 3 is 2.54 bits per heavy atom. The maximum atomic E-state index is 9.58. The molecule has 0 spiro atoms. The summed E-state index contributed by atoms with van der Waals surface area (Å²) < 4.78 is 0. The molecule has 2 aromatic rings. The maximum absolute atomic E-state index is 9.58. The topological polar surface area (TPSA) is 52.0 Å². The van der Waals surface area contributed by atoms with Crippen LogP contribution in [-0.4, -0.2) is 29.7 Å². The van der Waals surface area contributed by atoms with Crippen LogP contribution >= 0.6 is 11.6 Å². The molecule has 0 atom stereocenters. The molecule has 1 N–H and O–H groups in total. The number of nitrogens with zero attached hydrogens (tertiary/aromatic N) is 3. The van der Waals surface area contributed by atoms with Gasteiger partial charge in [0.2, 0.25) is 0 Å². The van der Waals surface area contributed by atoms with E-state index in [2.05, 4.69) is 42.0 Å². The number of benzene rings is 1. The number of anilines is 1. The van der Waals surface area contributed by atoms with Crippen molar-refractivity contribution in [3.05, 3.63) is 35.0 Å². The molecule has 0 amide bonds. The van der Waals surface area contributed by atoms with E-state index >= 15 is 0 Å². The predicted molar refractivity (Wildman–Crippen MR) is 99.6 cm³/mol. The van der Waals surface area contributed by atoms with Gasteiger partial charge in [-0.2, -0.15) is 5.26 Å². The van der Waals surface area contributed by atoms with Crippen LogP contribution in [0.3, 0.4) is 0 Å². The highest BCUT2D eigenvalue weighted by atomic mass is 35.5. The van der Waals surface area contributed by atoms with Gasteiger partial charge in [-0.05, 0) is 39.7 Å². The molecule has 0 bridgehead atoms. The largest absolute Gasteiger partial charge is 0.370 e. The van der Waals surface area contributed by atoms with Crippen molar-refractivity contribution in [2.24, 2.45) is 0 Å². The number of hydrogen-bond donors (Lipinski definition) is 1. The average Bonchev–Trinajstić information content (AvgIpc) is 2.53. The van der Waals surface area contributed by atoms with E-state index in [-0.39, 0.29) is 5.54 Å². The molecule has 1 saturated heterocycles. The van der Waals surface area contributed by atoms with Crippen LogP contribution in [0.2, 0.25) is 5.15 Å². The molecule has 2 heterocycles. The minimum absolute atomic E-state index is 0.122. The van der Waals surface area contributed by atoms with Crippen molar-refractivity contribution in [3.8, 4) is 6.07 Å². The number of halogens is 1. The van der Waals surface area contributed by atoms with Crippen molar-refractivity contribution in [1.82, 2.24) is 10.3 Å². The zero-order chi connectivity index (χ0) is 17.3. The highest BCUT2D eigenvalue weighted by Gasteiger charge is 2.26. The predicted octanol–water partition coefficient (Wildman–Crippen LogP) is 4.12. The second-order valence-electron chi connectivity index (χ2n) is 7.41. The van der Waals surface area contributed by atoms with Gasteiger partial charge in [0, 0.05) is 30.1 Å². The lowest BCUT2D eigenvalue weighted by atomic mass is 9.98. The molecule has 126 valence electrons. The molecular weight excluding hydrogens is 320 g/mol. The molecule has 1 aliphatic heterocycles. The second-order valence-corrected chi connectivity index (χ2v) is 7.77. The Balaban J connectivity index is 1.92. The minimum atomic E-state index is 0.122. The smallest absolute Gasteiger partial charge is 0.149 e. The lowest BCUT2D eigenvalue weighted by molar-refractivity contribution is 0.317. The number of hydrogen-bond acceptors (Lipinski definition) is 4. The monoisotopic (exact) mass is 342 g/mol. The van der Waals surface area contributed by atoms with E-state index in [1.165, 1.54) is 0 Å². The maximum Gasteiger partial charge on any atom is 0.149 e. The van der Waals surface area contributed by atoms with Gasteiger partial charge in [-0.25, -0.2) is 4.98 Å². The van der Waals surface area contributed by atoms with Crippen LogP contribution in [0.4, 0.5) is 5.69 Å². The van der Waals surface area contributed by atoms with E-state index in [4.69, 9.17) is 11.6 Å². The fourth-order valence-corrected chi connectivity index (χ4v) is 3.68. The van der Waals surface area contributed by atoms with Gasteiger partial charge in [-0.3, -0.25) is 0 Å². The Morgan fingerprint density at radius 1 is 1.25 bits per heavy atom. The quantitative estimate of drug-likeness (QED) is 0.834. The van der Waals surface area contributed by atoms with Gasteiger partial charge in [0.1, 0.15) is 16.8 Å². The summed E-state index contributed by atoms with van der Waals surface area (Å²) in [4.78, 5) is 6.66. The standard InChI is InChI=1S/C19H23ClN4/c1-19(2,3)23-13-8-10-24(11-9-13)17-14-6-4-5-7-16(14)22-18(20)15(17)12-21/h4-7,13,23H,8-11H2,1-3H3. The zero-order valence-electron chi connectivity index (χ0n) is 14.4. The summed E-state index contributed by atoms with van der Waals surface area (Å²) in [6.07, 6.45) is 2.10. The van der Waals surface area contributed by atoms with Crippen LogP contribution in [0.25, 0.3) is 10.9 Å². The fourth-order valence-electron chi connectivity index (χ4n) is 3.45. The number of pyridine rings is 1. The molecule has 1 aromatic carbocycles. The molecule has 0 aliphatic carbocycles. The normalized spacial score (nSPS) is 16.4. The van der Waals surface area contributed by atoms with Crippen molar-refractivity contribution in [1.29, 1.82) is 5.26 Å². The number of piperidine rings is 1. The van der Waals surface area contributed by atoms with Crippen molar-refractivity contribution in [2.75, 3.05) is 18.0 Å². The van der Waals surface area contributed by atoms with Gasteiger partial charge < -0.3 is 10.2 Å². The summed E-state index contributed by atoms with van der Waals surface area (Å²) in [5.41, 5.74) is 2.38. The highest BCUT2D eigenvalue weighted by Crippen LogP contribution is 2.35. The summed E-state index contributed by atoms with van der Waals surface area (Å²) in [5, 5.41) is 14.6. The molecule has 0 saturated carbocycles. The van der Waals surface area contributed by atoms with Gasteiger partial charge in [-0.1, -0.05) is 29.8 Å². The first kappa shape index (κ1) is 17.0. The summed E-state index contributed by atoms with van der Waals surface area (Å²) >= 11 is 6.27. The van der Waals surface area contributed by atoms with Gasteiger partial charge in [0.05, 0.1) is 11.2 Å². The molecule has 0 radical (unpaired) electrons. The Labute approximate surface area is 148 Å². The van der Waals surface area contributed by atoms with E-state index in [0.29, 0.717) is 16.8 Å².